The number of unbranched alkanes of at least 4 members (excludes halogenated alkanes) is 1. The Morgan fingerprint density at radius 1 is 1.15 bits per heavy atom. The molecule has 0 saturated heterocycles. The zero-order valence-electron chi connectivity index (χ0n) is 13.6. The van der Waals surface area contributed by atoms with Crippen LogP contribution in [0.2, 0.25) is 0 Å². The molecule has 1 aromatic carbocycles. The van der Waals surface area contributed by atoms with Gasteiger partial charge in [-0.15, -0.1) is 0 Å². The van der Waals surface area contributed by atoms with Crippen molar-refractivity contribution >= 4 is 0 Å². The van der Waals surface area contributed by atoms with Crippen LogP contribution in [0.4, 0.5) is 0 Å². The highest BCUT2D eigenvalue weighted by Crippen LogP contribution is 2.34. The minimum absolute atomic E-state index is 0.0412. The summed E-state index contributed by atoms with van der Waals surface area (Å²) in [4.78, 5) is 0. The van der Waals surface area contributed by atoms with E-state index in [9.17, 15) is 0 Å². The van der Waals surface area contributed by atoms with Crippen LogP contribution in [0.1, 0.15) is 46.1 Å². The first-order valence-electron chi connectivity index (χ1n) is 7.51. The van der Waals surface area contributed by atoms with Crippen molar-refractivity contribution in [2.75, 3.05) is 26.8 Å². The largest absolute Gasteiger partial charge is 0.497 e. The van der Waals surface area contributed by atoms with E-state index in [2.05, 4.69) is 39.1 Å². The van der Waals surface area contributed by atoms with E-state index in [1.165, 1.54) is 18.4 Å². The molecule has 0 bridgehead atoms. The third-order valence-electron chi connectivity index (χ3n) is 3.24. The second-order valence-corrected chi connectivity index (χ2v) is 6.06. The summed E-state index contributed by atoms with van der Waals surface area (Å²) in [5.41, 5.74) is 1.23. The Morgan fingerprint density at radius 3 is 2.50 bits per heavy atom. The highest BCUT2D eigenvalue weighted by atomic mass is 16.5. The number of rotatable bonds is 8. The first-order valence-corrected chi connectivity index (χ1v) is 7.51. The summed E-state index contributed by atoms with van der Waals surface area (Å²) in [6, 6.07) is 6.03. The van der Waals surface area contributed by atoms with Gasteiger partial charge in [-0.3, -0.25) is 0 Å². The number of methoxy groups -OCH3 is 1. The molecule has 0 aromatic heterocycles. The molecule has 0 fully saturated rings. The summed E-state index contributed by atoms with van der Waals surface area (Å²) in [5, 5.41) is 3.39. The molecule has 3 nitrogen and oxygen atoms in total. The maximum atomic E-state index is 5.93. The average molecular weight is 279 g/mol. The van der Waals surface area contributed by atoms with Gasteiger partial charge in [0.1, 0.15) is 18.1 Å². The molecule has 0 radical (unpaired) electrons. The smallest absolute Gasteiger partial charge is 0.123 e. The lowest BCUT2D eigenvalue weighted by Gasteiger charge is -2.23. The molecule has 0 unspecified atom stereocenters. The summed E-state index contributed by atoms with van der Waals surface area (Å²) in [7, 11) is 1.69. The summed E-state index contributed by atoms with van der Waals surface area (Å²) in [5.74, 6) is 1.83. The minimum atomic E-state index is 0.0412. The Balaban J connectivity index is 2.60. The van der Waals surface area contributed by atoms with Gasteiger partial charge in [0.05, 0.1) is 7.11 Å². The molecule has 0 amide bonds. The summed E-state index contributed by atoms with van der Waals surface area (Å²) in [6.07, 6.45) is 2.44. The van der Waals surface area contributed by atoms with Gasteiger partial charge in [-0.1, -0.05) is 34.1 Å². The van der Waals surface area contributed by atoms with Crippen LogP contribution in [0.25, 0.3) is 0 Å². The second-order valence-electron chi connectivity index (χ2n) is 6.06. The lowest BCUT2D eigenvalue weighted by molar-refractivity contribution is 0.304. The fraction of sp³-hybridized carbons (Fsp3) is 0.647. The maximum absolute atomic E-state index is 5.93. The fourth-order valence-electron chi connectivity index (χ4n) is 2.01. The molecule has 1 aromatic rings. The number of hydrogen-bond donors (Lipinski definition) is 1. The van der Waals surface area contributed by atoms with Crippen LogP contribution >= 0.6 is 0 Å². The highest BCUT2D eigenvalue weighted by molar-refractivity contribution is 5.44. The molecule has 0 aliphatic carbocycles. The van der Waals surface area contributed by atoms with E-state index in [-0.39, 0.29) is 5.41 Å². The van der Waals surface area contributed by atoms with Crippen molar-refractivity contribution in [2.24, 2.45) is 0 Å². The van der Waals surface area contributed by atoms with E-state index in [1.807, 2.05) is 12.1 Å². The van der Waals surface area contributed by atoms with E-state index >= 15 is 0 Å². The van der Waals surface area contributed by atoms with Crippen molar-refractivity contribution in [3.05, 3.63) is 23.8 Å². The molecule has 0 aliphatic heterocycles. The van der Waals surface area contributed by atoms with E-state index in [4.69, 9.17) is 9.47 Å². The maximum Gasteiger partial charge on any atom is 0.123 e. The van der Waals surface area contributed by atoms with E-state index in [0.29, 0.717) is 6.61 Å². The van der Waals surface area contributed by atoms with Gasteiger partial charge in [0.25, 0.3) is 0 Å². The molecule has 0 spiro atoms. The van der Waals surface area contributed by atoms with Crippen LogP contribution in [0.3, 0.4) is 0 Å². The SMILES string of the molecule is CCCCNCCOc1ccc(OC)cc1C(C)(C)C. The van der Waals surface area contributed by atoms with Crippen molar-refractivity contribution in [2.45, 2.75) is 46.0 Å². The van der Waals surface area contributed by atoms with Crippen molar-refractivity contribution in [1.82, 2.24) is 5.32 Å². The quantitative estimate of drug-likeness (QED) is 0.735. The summed E-state index contributed by atoms with van der Waals surface area (Å²) < 4.78 is 11.2. The minimum Gasteiger partial charge on any atom is -0.497 e. The highest BCUT2D eigenvalue weighted by Gasteiger charge is 2.19. The summed E-state index contributed by atoms with van der Waals surface area (Å²) >= 11 is 0. The molecule has 0 atom stereocenters. The standard InChI is InChI=1S/C17H29NO2/c1-6-7-10-18-11-12-20-16-9-8-14(19-5)13-15(16)17(2,3)4/h8-9,13,18H,6-7,10-12H2,1-5H3. The normalized spacial score (nSPS) is 11.4. The topological polar surface area (TPSA) is 30.5 Å². The van der Waals surface area contributed by atoms with Crippen LogP contribution in [0.15, 0.2) is 18.2 Å². The van der Waals surface area contributed by atoms with Crippen molar-refractivity contribution in [3.8, 4) is 11.5 Å². The van der Waals surface area contributed by atoms with Gasteiger partial charge >= 0.3 is 0 Å². The second kappa shape index (κ2) is 8.15. The van der Waals surface area contributed by atoms with Crippen LogP contribution in [-0.4, -0.2) is 26.8 Å². The van der Waals surface area contributed by atoms with Crippen molar-refractivity contribution in [1.29, 1.82) is 0 Å². The first-order chi connectivity index (χ1) is 9.49. The Labute approximate surface area is 123 Å². The molecular weight excluding hydrogens is 250 g/mol. The predicted molar refractivity (Wildman–Crippen MR) is 85.0 cm³/mol. The number of hydrogen-bond acceptors (Lipinski definition) is 3. The van der Waals surface area contributed by atoms with Crippen LogP contribution in [-0.2, 0) is 5.41 Å². The molecular formula is C17H29NO2. The number of ether oxygens (including phenoxy) is 2. The Morgan fingerprint density at radius 2 is 1.90 bits per heavy atom. The zero-order chi connectivity index (χ0) is 15.0. The average Bonchev–Trinajstić information content (AvgIpc) is 2.41. The van der Waals surface area contributed by atoms with Gasteiger partial charge in [-0.25, -0.2) is 0 Å². The van der Waals surface area contributed by atoms with Crippen molar-refractivity contribution in [3.63, 3.8) is 0 Å². The molecule has 1 N–H and O–H groups in total. The first kappa shape index (κ1) is 16.8. The lowest BCUT2D eigenvalue weighted by atomic mass is 9.86. The van der Waals surface area contributed by atoms with Gasteiger partial charge in [-0.2, -0.15) is 0 Å². The Bertz CT molecular complexity index is 396. The molecule has 20 heavy (non-hydrogen) atoms. The zero-order valence-corrected chi connectivity index (χ0v) is 13.6. The molecule has 3 heteroatoms. The predicted octanol–water partition coefficient (Wildman–Crippen LogP) is 3.76. The van der Waals surface area contributed by atoms with E-state index in [1.54, 1.807) is 7.11 Å². The Kier molecular flexibility index (Phi) is 6.86. The Hall–Kier alpha value is -1.22. The lowest BCUT2D eigenvalue weighted by Crippen LogP contribution is -2.23. The molecule has 0 saturated carbocycles. The van der Waals surface area contributed by atoms with E-state index in [0.717, 1.165) is 24.6 Å². The van der Waals surface area contributed by atoms with Gasteiger partial charge < -0.3 is 14.8 Å². The van der Waals surface area contributed by atoms with Crippen molar-refractivity contribution < 1.29 is 9.47 Å². The van der Waals surface area contributed by atoms with Crippen LogP contribution in [0.5, 0.6) is 11.5 Å². The van der Waals surface area contributed by atoms with Gasteiger partial charge in [0.2, 0.25) is 0 Å². The molecule has 0 heterocycles. The van der Waals surface area contributed by atoms with Gasteiger partial charge in [-0.05, 0) is 36.6 Å². The van der Waals surface area contributed by atoms with Crippen LogP contribution < -0.4 is 14.8 Å². The molecule has 114 valence electrons. The van der Waals surface area contributed by atoms with Gasteiger partial charge in [0, 0.05) is 12.1 Å². The fourth-order valence-corrected chi connectivity index (χ4v) is 2.01. The van der Waals surface area contributed by atoms with E-state index < -0.39 is 0 Å². The number of nitrogens with one attached hydrogen (secondary N) is 1. The number of benzene rings is 1. The third-order valence-corrected chi connectivity index (χ3v) is 3.24. The molecule has 0 aliphatic rings. The van der Waals surface area contributed by atoms with Gasteiger partial charge in [0.15, 0.2) is 0 Å². The van der Waals surface area contributed by atoms with Crippen LogP contribution in [0, 0.1) is 0 Å². The monoisotopic (exact) mass is 279 g/mol. The summed E-state index contributed by atoms with van der Waals surface area (Å²) in [6.45, 7) is 11.4. The third kappa shape index (κ3) is 5.41. The molecule has 1 rings (SSSR count).